The number of aryl methyl sites for hydroxylation is 1. The Bertz CT molecular complexity index is 1670. The van der Waals surface area contributed by atoms with Gasteiger partial charge in [0, 0.05) is 17.6 Å². The molecular formula is C42H48N6. The van der Waals surface area contributed by atoms with Crippen molar-refractivity contribution in [1.82, 2.24) is 15.0 Å². The summed E-state index contributed by atoms with van der Waals surface area (Å²) >= 11 is 0. The molecule has 4 atom stereocenters. The molecule has 0 saturated carbocycles. The Morgan fingerprint density at radius 3 is 1.71 bits per heavy atom. The van der Waals surface area contributed by atoms with Crippen LogP contribution in [0.4, 0.5) is 0 Å². The summed E-state index contributed by atoms with van der Waals surface area (Å²) in [7, 11) is 0. The molecule has 0 aliphatic carbocycles. The third-order valence-electron chi connectivity index (χ3n) is 9.90. The Kier molecular flexibility index (Phi) is 10.3. The quantitative estimate of drug-likeness (QED) is 0.0660. The van der Waals surface area contributed by atoms with E-state index in [1.54, 1.807) is 0 Å². The van der Waals surface area contributed by atoms with E-state index in [4.69, 9.17) is 15.3 Å². The summed E-state index contributed by atoms with van der Waals surface area (Å²) in [6.07, 6.45) is 9.38. The molecule has 6 nitrogen and oxygen atoms in total. The van der Waals surface area contributed by atoms with Gasteiger partial charge in [0.2, 0.25) is 0 Å². The molecule has 4 unspecified atom stereocenters. The third-order valence-corrected chi connectivity index (χ3v) is 9.90. The van der Waals surface area contributed by atoms with E-state index in [-0.39, 0.29) is 0 Å². The zero-order valence-electron chi connectivity index (χ0n) is 28.2. The molecule has 0 amide bonds. The topological polar surface area (TPSA) is 46.1 Å². The van der Waals surface area contributed by atoms with E-state index in [0.29, 0.717) is 24.0 Å². The smallest absolute Gasteiger partial charge is 0.0912 e. The summed E-state index contributed by atoms with van der Waals surface area (Å²) < 4.78 is 0. The van der Waals surface area contributed by atoms with Gasteiger partial charge in [0.1, 0.15) is 0 Å². The molecule has 0 N–H and O–H groups in total. The van der Waals surface area contributed by atoms with Crippen LogP contribution >= 0.6 is 0 Å². The normalized spacial score (nSPS) is 21.1. The van der Waals surface area contributed by atoms with Gasteiger partial charge >= 0.3 is 0 Å². The highest BCUT2D eigenvalue weighted by Crippen LogP contribution is 2.37. The van der Waals surface area contributed by atoms with Gasteiger partial charge in [-0.25, -0.2) is 0 Å². The Labute approximate surface area is 286 Å². The van der Waals surface area contributed by atoms with Crippen molar-refractivity contribution < 1.29 is 0 Å². The van der Waals surface area contributed by atoms with Crippen molar-refractivity contribution in [2.75, 3.05) is 19.6 Å². The molecule has 4 aromatic rings. The molecule has 3 heterocycles. The van der Waals surface area contributed by atoms with E-state index < -0.39 is 0 Å². The fourth-order valence-electron chi connectivity index (χ4n) is 6.74. The number of benzene rings is 4. The average Bonchev–Trinajstić information content (AvgIpc) is 4.04. The van der Waals surface area contributed by atoms with Gasteiger partial charge in [-0.15, -0.1) is 0 Å². The van der Waals surface area contributed by atoms with Crippen LogP contribution in [0.2, 0.25) is 0 Å². The van der Waals surface area contributed by atoms with Gasteiger partial charge in [0.15, 0.2) is 0 Å². The average molecular weight is 637 g/mol. The number of hydrogen-bond acceptors (Lipinski definition) is 6. The fraction of sp³-hybridized carbons (Fsp3) is 0.357. The van der Waals surface area contributed by atoms with Gasteiger partial charge in [-0.1, -0.05) is 121 Å². The maximum atomic E-state index is 5.26. The number of rotatable bonds is 17. The Morgan fingerprint density at radius 1 is 0.625 bits per heavy atom. The number of hydrazone groups is 3. The highest BCUT2D eigenvalue weighted by molar-refractivity contribution is 5.87. The van der Waals surface area contributed by atoms with Crippen LogP contribution in [0.25, 0.3) is 0 Å². The molecule has 6 heteroatoms. The lowest BCUT2D eigenvalue weighted by Gasteiger charge is -2.18. The van der Waals surface area contributed by atoms with E-state index in [1.165, 1.54) is 33.7 Å². The zero-order chi connectivity index (χ0) is 32.5. The van der Waals surface area contributed by atoms with Crippen LogP contribution in [0.1, 0.15) is 85.8 Å². The summed E-state index contributed by atoms with van der Waals surface area (Å²) in [5.74, 6) is 0.412. The fourth-order valence-corrected chi connectivity index (χ4v) is 6.74. The van der Waals surface area contributed by atoms with E-state index in [0.717, 1.165) is 64.6 Å². The van der Waals surface area contributed by atoms with Crippen LogP contribution in [0, 0.1) is 5.92 Å². The first-order valence-corrected chi connectivity index (χ1v) is 17.8. The van der Waals surface area contributed by atoms with Gasteiger partial charge in [-0.05, 0) is 80.0 Å². The minimum absolute atomic E-state index is 0.401. The van der Waals surface area contributed by atoms with E-state index in [2.05, 4.69) is 149 Å². The second-order valence-electron chi connectivity index (χ2n) is 13.5. The lowest BCUT2D eigenvalue weighted by Crippen LogP contribution is -2.16. The second kappa shape index (κ2) is 15.5. The summed E-state index contributed by atoms with van der Waals surface area (Å²) in [5, 5.41) is 21.9. The summed E-state index contributed by atoms with van der Waals surface area (Å²) in [6, 6.07) is 44.3. The maximum absolute atomic E-state index is 5.26. The van der Waals surface area contributed by atoms with E-state index in [1.807, 2.05) is 0 Å². The van der Waals surface area contributed by atoms with Crippen LogP contribution in [0.3, 0.4) is 0 Å². The van der Waals surface area contributed by atoms with Crippen molar-refractivity contribution in [2.24, 2.45) is 21.2 Å². The van der Waals surface area contributed by atoms with Crippen LogP contribution in [0.5, 0.6) is 0 Å². The van der Waals surface area contributed by atoms with Gasteiger partial charge in [0.25, 0.3) is 0 Å². The summed E-state index contributed by atoms with van der Waals surface area (Å²) in [6.45, 7) is 5.26. The molecule has 4 aromatic carbocycles. The molecule has 3 saturated heterocycles. The van der Waals surface area contributed by atoms with Crippen molar-refractivity contribution in [3.05, 3.63) is 144 Å². The van der Waals surface area contributed by atoms with Crippen molar-refractivity contribution in [1.29, 1.82) is 0 Å². The number of unbranched alkanes of at least 4 members (excludes halogenated alkanes) is 1. The molecule has 246 valence electrons. The standard InChI is InChI=1S/C42H48N6/c1-33(44-47-31-41(47)37-21-10-4-11-22-37)35(18-14-15-29-43-46-30-40(46)36-19-8-3-9-20-36)26-28-39(27-25-34-16-6-2-7-17-34)45-48-32-42(48)38-23-12-5-13-24-38/h2-13,16-17,19-24,29,35,40-42H,14-15,18,25-28,30-32H2,1H3/b43-29+,44-33+,45-39+. The molecule has 3 fully saturated rings. The van der Waals surface area contributed by atoms with Gasteiger partial charge in [0.05, 0.1) is 37.8 Å². The molecule has 48 heavy (non-hydrogen) atoms. The Hall–Kier alpha value is -4.71. The predicted octanol–water partition coefficient (Wildman–Crippen LogP) is 9.07. The molecule has 7 rings (SSSR count). The first kappa shape index (κ1) is 31.9. The van der Waals surface area contributed by atoms with Crippen LogP contribution < -0.4 is 0 Å². The Morgan fingerprint density at radius 2 is 1.12 bits per heavy atom. The van der Waals surface area contributed by atoms with Gasteiger partial charge in [-0.3, -0.25) is 15.0 Å². The third kappa shape index (κ3) is 8.80. The van der Waals surface area contributed by atoms with Crippen LogP contribution in [-0.4, -0.2) is 52.3 Å². The molecule has 0 bridgehead atoms. The molecule has 3 aliphatic rings. The minimum atomic E-state index is 0.401. The summed E-state index contributed by atoms with van der Waals surface area (Å²) in [4.78, 5) is 0. The molecule has 3 aliphatic heterocycles. The van der Waals surface area contributed by atoms with Crippen molar-refractivity contribution in [2.45, 2.75) is 70.0 Å². The van der Waals surface area contributed by atoms with Crippen LogP contribution in [-0.2, 0) is 6.42 Å². The molecular weight excluding hydrogens is 589 g/mol. The first-order chi connectivity index (χ1) is 23.7. The lowest BCUT2D eigenvalue weighted by molar-refractivity contribution is 0.511. The van der Waals surface area contributed by atoms with Gasteiger partial charge in [-0.2, -0.15) is 15.3 Å². The minimum Gasteiger partial charge on any atom is -0.286 e. The number of nitrogens with zero attached hydrogens (tertiary/aromatic N) is 6. The van der Waals surface area contributed by atoms with E-state index >= 15 is 0 Å². The number of hydrogen-bond donors (Lipinski definition) is 0. The SMILES string of the molecule is C/C(=N\N1CC1c1ccccc1)C(CCC/C=N/N1CC1c1ccccc1)CC/C(CCc1ccccc1)=N/N1CC1c1ccccc1. The first-order valence-electron chi connectivity index (χ1n) is 17.8. The predicted molar refractivity (Wildman–Crippen MR) is 198 cm³/mol. The molecule has 0 radical (unpaired) electrons. The second-order valence-corrected chi connectivity index (χ2v) is 13.5. The molecule has 0 aromatic heterocycles. The van der Waals surface area contributed by atoms with Gasteiger partial charge < -0.3 is 0 Å². The molecule has 0 spiro atoms. The van der Waals surface area contributed by atoms with E-state index in [9.17, 15) is 0 Å². The highest BCUT2D eigenvalue weighted by atomic mass is 15.6. The lowest BCUT2D eigenvalue weighted by atomic mass is 9.90. The van der Waals surface area contributed by atoms with Crippen LogP contribution in [0.15, 0.2) is 137 Å². The monoisotopic (exact) mass is 636 g/mol. The summed E-state index contributed by atoms with van der Waals surface area (Å²) in [5.41, 5.74) is 7.99. The van der Waals surface area contributed by atoms with Crippen molar-refractivity contribution in [3.63, 3.8) is 0 Å². The van der Waals surface area contributed by atoms with Crippen molar-refractivity contribution >= 4 is 17.6 Å². The zero-order valence-corrected chi connectivity index (χ0v) is 28.2. The van der Waals surface area contributed by atoms with Crippen molar-refractivity contribution in [3.8, 4) is 0 Å². The Balaban J connectivity index is 0.995. The largest absolute Gasteiger partial charge is 0.286 e. The highest BCUT2D eigenvalue weighted by Gasteiger charge is 2.36. The maximum Gasteiger partial charge on any atom is 0.0912 e.